The van der Waals surface area contributed by atoms with E-state index in [0.717, 1.165) is 25.5 Å². The normalized spacial score (nSPS) is 29.1. The third kappa shape index (κ3) is 2.43. The van der Waals surface area contributed by atoms with Gasteiger partial charge in [-0.15, -0.1) is 0 Å². The Morgan fingerprint density at radius 1 is 1.33 bits per heavy atom. The molecule has 0 spiro atoms. The minimum Gasteiger partial charge on any atom is -0.353 e. The molecule has 0 aliphatic carbocycles. The van der Waals surface area contributed by atoms with Crippen LogP contribution in [0.5, 0.6) is 0 Å². The summed E-state index contributed by atoms with van der Waals surface area (Å²) in [6.07, 6.45) is 1.46. The molecule has 2 aliphatic heterocycles. The zero-order valence-corrected chi connectivity index (χ0v) is 13.5. The molecule has 0 aromatic carbocycles. The van der Waals surface area contributed by atoms with Gasteiger partial charge in [0.05, 0.1) is 0 Å². The van der Waals surface area contributed by atoms with Gasteiger partial charge in [0, 0.05) is 46.0 Å². The van der Waals surface area contributed by atoms with Crippen molar-refractivity contribution < 1.29 is 8.42 Å². The first-order valence-electron chi connectivity index (χ1n) is 7.27. The Bertz CT molecular complexity index is 614. The SMILES string of the molecule is CC1C2CNCC2CN1c1ccc(S(=O)(=O)N(C)C)cn1. The van der Waals surface area contributed by atoms with Crippen LogP contribution in [-0.4, -0.2) is 57.5 Å². The monoisotopic (exact) mass is 310 g/mol. The van der Waals surface area contributed by atoms with E-state index < -0.39 is 10.0 Å². The number of pyridine rings is 1. The summed E-state index contributed by atoms with van der Waals surface area (Å²) in [5.41, 5.74) is 0. The Labute approximate surface area is 126 Å². The van der Waals surface area contributed by atoms with E-state index in [1.165, 1.54) is 24.6 Å². The van der Waals surface area contributed by atoms with E-state index in [1.807, 2.05) is 6.07 Å². The molecule has 0 saturated carbocycles. The average molecular weight is 310 g/mol. The molecule has 6 nitrogen and oxygen atoms in total. The van der Waals surface area contributed by atoms with E-state index in [2.05, 4.69) is 22.1 Å². The van der Waals surface area contributed by atoms with Crippen LogP contribution in [0.2, 0.25) is 0 Å². The zero-order chi connectivity index (χ0) is 15.2. The van der Waals surface area contributed by atoms with Crippen LogP contribution in [0, 0.1) is 11.8 Å². The molecule has 3 atom stereocenters. The Balaban J connectivity index is 1.82. The van der Waals surface area contributed by atoms with Gasteiger partial charge in [-0.3, -0.25) is 0 Å². The van der Waals surface area contributed by atoms with E-state index in [-0.39, 0.29) is 4.90 Å². The standard InChI is InChI=1S/C14H22N4O2S/c1-10-13-8-15-6-11(13)9-18(10)14-5-4-12(7-16-14)21(19,20)17(2)3/h4-5,7,10-11,13,15H,6,8-9H2,1-3H3. The molecule has 7 heteroatoms. The maximum Gasteiger partial charge on any atom is 0.244 e. The van der Waals surface area contributed by atoms with Gasteiger partial charge in [-0.25, -0.2) is 17.7 Å². The van der Waals surface area contributed by atoms with Gasteiger partial charge in [-0.1, -0.05) is 0 Å². The van der Waals surface area contributed by atoms with Gasteiger partial charge < -0.3 is 10.2 Å². The third-order valence-corrected chi connectivity index (χ3v) is 6.53. The molecular weight excluding hydrogens is 288 g/mol. The van der Waals surface area contributed by atoms with Gasteiger partial charge in [0.1, 0.15) is 10.7 Å². The predicted molar refractivity (Wildman–Crippen MR) is 81.8 cm³/mol. The molecule has 0 radical (unpaired) electrons. The topological polar surface area (TPSA) is 65.5 Å². The summed E-state index contributed by atoms with van der Waals surface area (Å²) >= 11 is 0. The number of nitrogens with zero attached hydrogens (tertiary/aromatic N) is 3. The fraction of sp³-hybridized carbons (Fsp3) is 0.643. The van der Waals surface area contributed by atoms with Gasteiger partial charge in [0.2, 0.25) is 10.0 Å². The van der Waals surface area contributed by atoms with E-state index in [0.29, 0.717) is 17.9 Å². The quantitative estimate of drug-likeness (QED) is 0.874. The third-order valence-electron chi connectivity index (χ3n) is 4.73. The number of hydrogen-bond acceptors (Lipinski definition) is 5. The largest absolute Gasteiger partial charge is 0.353 e. The first kappa shape index (κ1) is 14.7. The number of fused-ring (bicyclic) bond motifs is 1. The van der Waals surface area contributed by atoms with Gasteiger partial charge in [0.15, 0.2) is 0 Å². The van der Waals surface area contributed by atoms with Gasteiger partial charge in [-0.05, 0) is 30.9 Å². The fourth-order valence-electron chi connectivity index (χ4n) is 3.38. The summed E-state index contributed by atoms with van der Waals surface area (Å²) in [5, 5.41) is 3.44. The number of aromatic nitrogens is 1. The van der Waals surface area contributed by atoms with Crippen LogP contribution in [0.3, 0.4) is 0 Å². The highest BCUT2D eigenvalue weighted by molar-refractivity contribution is 7.89. The van der Waals surface area contributed by atoms with Crippen molar-refractivity contribution >= 4 is 15.8 Å². The Morgan fingerprint density at radius 3 is 2.67 bits per heavy atom. The maximum absolute atomic E-state index is 12.1. The Hall–Kier alpha value is -1.18. The molecule has 0 amide bonds. The molecule has 1 aromatic heterocycles. The van der Waals surface area contributed by atoms with Crippen LogP contribution < -0.4 is 10.2 Å². The molecule has 3 heterocycles. The van der Waals surface area contributed by atoms with Crippen LogP contribution in [0.1, 0.15) is 6.92 Å². The van der Waals surface area contributed by atoms with Crippen LogP contribution in [0.4, 0.5) is 5.82 Å². The second-order valence-electron chi connectivity index (χ2n) is 6.11. The average Bonchev–Trinajstić information content (AvgIpc) is 3.02. The summed E-state index contributed by atoms with van der Waals surface area (Å²) in [6.45, 7) is 5.35. The highest BCUT2D eigenvalue weighted by atomic mass is 32.2. The number of sulfonamides is 1. The number of hydrogen-bond donors (Lipinski definition) is 1. The van der Waals surface area contributed by atoms with E-state index in [9.17, 15) is 8.42 Å². The fourth-order valence-corrected chi connectivity index (χ4v) is 4.22. The molecule has 21 heavy (non-hydrogen) atoms. The van der Waals surface area contributed by atoms with Crippen LogP contribution in [0.25, 0.3) is 0 Å². The molecule has 1 aromatic rings. The molecule has 0 bridgehead atoms. The van der Waals surface area contributed by atoms with Crippen LogP contribution in [0.15, 0.2) is 23.2 Å². The zero-order valence-electron chi connectivity index (χ0n) is 12.7. The minimum absolute atomic E-state index is 0.241. The molecule has 2 aliphatic rings. The Morgan fingerprint density at radius 2 is 2.10 bits per heavy atom. The summed E-state index contributed by atoms with van der Waals surface area (Å²) in [6, 6.07) is 3.91. The summed E-state index contributed by atoms with van der Waals surface area (Å²) in [5.74, 6) is 2.21. The van der Waals surface area contributed by atoms with Gasteiger partial charge in [0.25, 0.3) is 0 Å². The van der Waals surface area contributed by atoms with Crippen molar-refractivity contribution in [3.8, 4) is 0 Å². The molecule has 1 N–H and O–H groups in total. The molecular formula is C14H22N4O2S. The maximum atomic E-state index is 12.1. The second-order valence-corrected chi connectivity index (χ2v) is 8.27. The van der Waals surface area contributed by atoms with E-state index in [1.54, 1.807) is 6.07 Å². The van der Waals surface area contributed by atoms with E-state index in [4.69, 9.17) is 0 Å². The van der Waals surface area contributed by atoms with Crippen LogP contribution >= 0.6 is 0 Å². The number of anilines is 1. The van der Waals surface area contributed by atoms with Crippen LogP contribution in [-0.2, 0) is 10.0 Å². The van der Waals surface area contributed by atoms with Gasteiger partial charge >= 0.3 is 0 Å². The Kier molecular flexibility index (Phi) is 3.67. The van der Waals surface area contributed by atoms with Crippen molar-refractivity contribution in [1.82, 2.24) is 14.6 Å². The molecule has 2 fully saturated rings. The van der Waals surface area contributed by atoms with Crippen molar-refractivity contribution in [1.29, 1.82) is 0 Å². The van der Waals surface area contributed by atoms with Crippen molar-refractivity contribution in [2.24, 2.45) is 11.8 Å². The highest BCUT2D eigenvalue weighted by Crippen LogP contribution is 2.35. The number of nitrogens with one attached hydrogen (secondary N) is 1. The lowest BCUT2D eigenvalue weighted by molar-refractivity contribution is 0.471. The molecule has 2 saturated heterocycles. The minimum atomic E-state index is -3.40. The summed E-state index contributed by atoms with van der Waals surface area (Å²) in [4.78, 5) is 6.92. The summed E-state index contributed by atoms with van der Waals surface area (Å²) in [7, 11) is -0.348. The van der Waals surface area contributed by atoms with Crippen molar-refractivity contribution in [3.63, 3.8) is 0 Å². The lowest BCUT2D eigenvalue weighted by atomic mass is 9.95. The molecule has 3 rings (SSSR count). The van der Waals surface area contributed by atoms with Gasteiger partial charge in [-0.2, -0.15) is 0 Å². The summed E-state index contributed by atoms with van der Waals surface area (Å²) < 4.78 is 25.3. The first-order valence-corrected chi connectivity index (χ1v) is 8.71. The van der Waals surface area contributed by atoms with E-state index >= 15 is 0 Å². The second kappa shape index (κ2) is 5.23. The van der Waals surface area contributed by atoms with Crippen molar-refractivity contribution in [3.05, 3.63) is 18.3 Å². The highest BCUT2D eigenvalue weighted by Gasteiger charge is 2.42. The number of rotatable bonds is 3. The van der Waals surface area contributed by atoms with Crippen molar-refractivity contribution in [2.45, 2.75) is 17.9 Å². The smallest absolute Gasteiger partial charge is 0.244 e. The lowest BCUT2D eigenvalue weighted by Gasteiger charge is -2.25. The molecule has 116 valence electrons. The lowest BCUT2D eigenvalue weighted by Crippen LogP contribution is -2.33. The van der Waals surface area contributed by atoms with Crippen molar-refractivity contribution in [2.75, 3.05) is 38.6 Å². The predicted octanol–water partition coefficient (Wildman–Crippen LogP) is 0.376. The molecule has 3 unspecified atom stereocenters. The first-order chi connectivity index (χ1) is 9.91.